The predicted octanol–water partition coefficient (Wildman–Crippen LogP) is 3.84. The Morgan fingerprint density at radius 2 is 1.82 bits per heavy atom. The van der Waals surface area contributed by atoms with E-state index in [1.54, 1.807) is 6.08 Å². The molecule has 0 amide bonds. The number of allylic oxidation sites excluding steroid dienone is 1. The molecule has 0 saturated carbocycles. The first-order valence-electron chi connectivity index (χ1n) is 3.50. The van der Waals surface area contributed by atoms with Crippen molar-refractivity contribution in [3.8, 4) is 0 Å². The first-order chi connectivity index (χ1) is 5.22. The largest absolute Gasteiger partial charge is 0.103 e. The van der Waals surface area contributed by atoms with Gasteiger partial charge in [-0.2, -0.15) is 0 Å². The minimum Gasteiger partial charge on any atom is -0.103 e. The lowest BCUT2D eigenvalue weighted by Gasteiger charge is -1.90. The van der Waals surface area contributed by atoms with Gasteiger partial charge < -0.3 is 0 Å². The van der Waals surface area contributed by atoms with Crippen LogP contribution in [0.3, 0.4) is 0 Å². The Bertz CT molecular complexity index is 195. The number of hydrogen-bond donors (Lipinski definition) is 0. The van der Waals surface area contributed by atoms with Gasteiger partial charge in [0.15, 0.2) is 0 Å². The SMILES string of the molecule is C=CC.Cc1ccccc1Cl. The Labute approximate surface area is 73.5 Å². The van der Waals surface area contributed by atoms with Gasteiger partial charge in [0.1, 0.15) is 0 Å². The van der Waals surface area contributed by atoms with Gasteiger partial charge in [0, 0.05) is 5.02 Å². The van der Waals surface area contributed by atoms with Crippen molar-refractivity contribution in [2.45, 2.75) is 13.8 Å². The third-order valence-electron chi connectivity index (χ3n) is 1.08. The van der Waals surface area contributed by atoms with Crippen molar-refractivity contribution >= 4 is 11.6 Å². The van der Waals surface area contributed by atoms with Gasteiger partial charge in [0.2, 0.25) is 0 Å². The first-order valence-corrected chi connectivity index (χ1v) is 3.88. The summed E-state index contributed by atoms with van der Waals surface area (Å²) in [6, 6.07) is 7.77. The standard InChI is InChI=1S/C7H7Cl.C3H6/c1-6-4-2-3-5-7(6)8;1-3-2/h2-5H,1H3;3H,1H2,2H3. The van der Waals surface area contributed by atoms with Gasteiger partial charge >= 0.3 is 0 Å². The molecular weight excluding hydrogens is 156 g/mol. The molecule has 0 aliphatic rings. The number of hydrogen-bond acceptors (Lipinski definition) is 0. The van der Waals surface area contributed by atoms with E-state index < -0.39 is 0 Å². The van der Waals surface area contributed by atoms with Crippen LogP contribution in [0.2, 0.25) is 5.02 Å². The van der Waals surface area contributed by atoms with Crippen LogP contribution in [0.5, 0.6) is 0 Å². The number of rotatable bonds is 0. The molecule has 0 atom stereocenters. The molecule has 11 heavy (non-hydrogen) atoms. The Hall–Kier alpha value is -0.750. The zero-order chi connectivity index (χ0) is 8.69. The lowest BCUT2D eigenvalue weighted by atomic mass is 10.2. The van der Waals surface area contributed by atoms with Crippen molar-refractivity contribution in [3.05, 3.63) is 47.5 Å². The molecule has 0 aromatic heterocycles. The van der Waals surface area contributed by atoms with E-state index in [4.69, 9.17) is 11.6 Å². The van der Waals surface area contributed by atoms with Crippen LogP contribution < -0.4 is 0 Å². The van der Waals surface area contributed by atoms with Gasteiger partial charge in [-0.1, -0.05) is 35.9 Å². The summed E-state index contributed by atoms with van der Waals surface area (Å²) >= 11 is 5.71. The zero-order valence-electron chi connectivity index (χ0n) is 6.97. The predicted molar refractivity (Wildman–Crippen MR) is 52.1 cm³/mol. The molecule has 0 radical (unpaired) electrons. The van der Waals surface area contributed by atoms with Gasteiger partial charge in [-0.05, 0) is 25.5 Å². The van der Waals surface area contributed by atoms with Crippen LogP contribution in [-0.2, 0) is 0 Å². The van der Waals surface area contributed by atoms with E-state index in [0.717, 1.165) is 10.6 Å². The minimum atomic E-state index is 0.840. The van der Waals surface area contributed by atoms with Gasteiger partial charge in [0.25, 0.3) is 0 Å². The topological polar surface area (TPSA) is 0 Å². The zero-order valence-corrected chi connectivity index (χ0v) is 7.73. The van der Waals surface area contributed by atoms with Crippen LogP contribution in [0.4, 0.5) is 0 Å². The van der Waals surface area contributed by atoms with Crippen LogP contribution in [0.15, 0.2) is 36.9 Å². The lowest BCUT2D eigenvalue weighted by molar-refractivity contribution is 1.47. The van der Waals surface area contributed by atoms with Gasteiger partial charge in [-0.3, -0.25) is 0 Å². The van der Waals surface area contributed by atoms with Crippen molar-refractivity contribution in [2.24, 2.45) is 0 Å². The van der Waals surface area contributed by atoms with Crippen molar-refractivity contribution in [1.29, 1.82) is 0 Å². The van der Waals surface area contributed by atoms with Crippen LogP contribution >= 0.6 is 11.6 Å². The molecule has 0 fully saturated rings. The number of aryl methyl sites for hydroxylation is 1. The Kier molecular flexibility index (Phi) is 5.58. The molecule has 0 bridgehead atoms. The second-order valence-corrected chi connectivity index (χ2v) is 2.56. The average molecular weight is 169 g/mol. The molecule has 1 heteroatoms. The monoisotopic (exact) mass is 168 g/mol. The molecule has 0 aliphatic carbocycles. The second-order valence-electron chi connectivity index (χ2n) is 2.16. The van der Waals surface area contributed by atoms with Crippen molar-refractivity contribution in [2.75, 3.05) is 0 Å². The molecule has 60 valence electrons. The molecule has 1 aromatic rings. The smallest absolute Gasteiger partial charge is 0.0435 e. The molecule has 0 aliphatic heterocycles. The molecule has 0 spiro atoms. The summed E-state index contributed by atoms with van der Waals surface area (Å²) in [5, 5.41) is 0.840. The van der Waals surface area contributed by atoms with Crippen LogP contribution in [-0.4, -0.2) is 0 Å². The Morgan fingerprint density at radius 1 is 1.36 bits per heavy atom. The van der Waals surface area contributed by atoms with E-state index in [9.17, 15) is 0 Å². The third-order valence-corrected chi connectivity index (χ3v) is 1.50. The molecule has 0 unspecified atom stereocenters. The van der Waals surface area contributed by atoms with Gasteiger partial charge in [-0.25, -0.2) is 0 Å². The maximum Gasteiger partial charge on any atom is 0.0435 e. The summed E-state index contributed by atoms with van der Waals surface area (Å²) in [6.07, 6.45) is 1.75. The van der Waals surface area contributed by atoms with E-state index in [-0.39, 0.29) is 0 Å². The fourth-order valence-corrected chi connectivity index (χ4v) is 0.687. The highest BCUT2D eigenvalue weighted by Gasteiger charge is 1.86. The molecule has 0 nitrogen and oxygen atoms in total. The van der Waals surface area contributed by atoms with Gasteiger partial charge in [-0.15, -0.1) is 6.58 Å². The summed E-state index contributed by atoms with van der Waals surface area (Å²) in [4.78, 5) is 0. The maximum atomic E-state index is 5.71. The maximum absolute atomic E-state index is 5.71. The summed E-state index contributed by atoms with van der Waals surface area (Å²) in [5.41, 5.74) is 1.13. The Morgan fingerprint density at radius 3 is 2.09 bits per heavy atom. The fraction of sp³-hybridized carbons (Fsp3) is 0.200. The average Bonchev–Trinajstić information content (AvgIpc) is 1.97. The van der Waals surface area contributed by atoms with E-state index in [1.165, 1.54) is 0 Å². The highest BCUT2D eigenvalue weighted by Crippen LogP contribution is 2.11. The fourth-order valence-electron chi connectivity index (χ4n) is 0.551. The van der Waals surface area contributed by atoms with E-state index in [0.29, 0.717) is 0 Å². The van der Waals surface area contributed by atoms with E-state index in [1.807, 2.05) is 38.1 Å². The summed E-state index contributed by atoms with van der Waals surface area (Å²) in [7, 11) is 0. The van der Waals surface area contributed by atoms with E-state index >= 15 is 0 Å². The quantitative estimate of drug-likeness (QED) is 0.517. The van der Waals surface area contributed by atoms with Crippen LogP contribution in [0.25, 0.3) is 0 Å². The highest BCUT2D eigenvalue weighted by molar-refractivity contribution is 6.31. The molecule has 1 aromatic carbocycles. The molecule has 0 heterocycles. The molecule has 1 rings (SSSR count). The Balaban J connectivity index is 0.000000292. The lowest BCUT2D eigenvalue weighted by Crippen LogP contribution is -1.68. The van der Waals surface area contributed by atoms with E-state index in [2.05, 4.69) is 6.58 Å². The summed E-state index contributed by atoms with van der Waals surface area (Å²) in [6.45, 7) is 7.24. The van der Waals surface area contributed by atoms with Crippen LogP contribution in [0, 0.1) is 6.92 Å². The second kappa shape index (κ2) is 5.99. The van der Waals surface area contributed by atoms with Gasteiger partial charge in [0.05, 0.1) is 0 Å². The number of halogens is 1. The summed E-state index contributed by atoms with van der Waals surface area (Å²) in [5.74, 6) is 0. The molecular formula is C10H13Cl. The van der Waals surface area contributed by atoms with Crippen molar-refractivity contribution in [1.82, 2.24) is 0 Å². The van der Waals surface area contributed by atoms with Crippen molar-refractivity contribution in [3.63, 3.8) is 0 Å². The normalized spacial score (nSPS) is 7.91. The minimum absolute atomic E-state index is 0.840. The molecule has 0 N–H and O–H groups in total. The van der Waals surface area contributed by atoms with Crippen molar-refractivity contribution < 1.29 is 0 Å². The summed E-state index contributed by atoms with van der Waals surface area (Å²) < 4.78 is 0. The van der Waals surface area contributed by atoms with Crippen LogP contribution in [0.1, 0.15) is 12.5 Å². The first kappa shape index (κ1) is 10.2. The molecule has 0 saturated heterocycles. The highest BCUT2D eigenvalue weighted by atomic mass is 35.5. The number of benzene rings is 1. The third kappa shape index (κ3) is 4.63.